The molecule has 2 saturated heterocycles. The smallest absolute Gasteiger partial charge is 0.338 e. The molecule has 4 rings (SSSR count). The van der Waals surface area contributed by atoms with Gasteiger partial charge in [-0.05, 0) is 75.2 Å². The maximum Gasteiger partial charge on any atom is 0.338 e. The molecule has 29 heavy (non-hydrogen) atoms. The molecule has 0 radical (unpaired) electrons. The number of benzene rings is 2. The highest BCUT2D eigenvalue weighted by atomic mass is 16.5. The molecule has 2 fully saturated rings. The topological polar surface area (TPSA) is 58.6 Å². The van der Waals surface area contributed by atoms with E-state index in [-0.39, 0.29) is 11.9 Å². The maximum atomic E-state index is 12.5. The fourth-order valence-electron chi connectivity index (χ4n) is 4.52. The molecule has 2 aliphatic heterocycles. The Morgan fingerprint density at radius 1 is 0.897 bits per heavy atom. The summed E-state index contributed by atoms with van der Waals surface area (Å²) >= 11 is 0. The van der Waals surface area contributed by atoms with Gasteiger partial charge >= 0.3 is 5.97 Å². The highest BCUT2D eigenvalue weighted by Gasteiger charge is 2.33. The molecule has 2 aromatic carbocycles. The lowest BCUT2D eigenvalue weighted by Gasteiger charge is -2.44. The molecular weight excluding hydrogens is 364 g/mol. The predicted octanol–water partition coefficient (Wildman–Crippen LogP) is 4.36. The van der Waals surface area contributed by atoms with E-state index in [2.05, 4.69) is 10.2 Å². The number of esters is 1. The largest absolute Gasteiger partial charge is 0.462 e. The number of carbonyl (C=O) groups excluding carboxylic acids is 2. The van der Waals surface area contributed by atoms with Crippen LogP contribution in [0.15, 0.2) is 54.6 Å². The molecule has 0 bridgehead atoms. The Balaban J connectivity index is 1.30. The summed E-state index contributed by atoms with van der Waals surface area (Å²) in [6, 6.07) is 16.5. The number of carbonyl (C=O) groups is 2. The van der Waals surface area contributed by atoms with Gasteiger partial charge in [0, 0.05) is 23.2 Å². The van der Waals surface area contributed by atoms with Crippen molar-refractivity contribution in [2.24, 2.45) is 5.92 Å². The second-order valence-electron chi connectivity index (χ2n) is 8.00. The van der Waals surface area contributed by atoms with Crippen LogP contribution in [0.3, 0.4) is 0 Å². The molecule has 2 heterocycles. The zero-order chi connectivity index (χ0) is 20.1. The summed E-state index contributed by atoms with van der Waals surface area (Å²) < 4.78 is 5.65. The van der Waals surface area contributed by atoms with Gasteiger partial charge in [0.05, 0.1) is 12.2 Å². The molecular formula is C24H28N2O3. The van der Waals surface area contributed by atoms with Crippen molar-refractivity contribution >= 4 is 17.6 Å². The van der Waals surface area contributed by atoms with Crippen molar-refractivity contribution in [3.05, 3.63) is 65.7 Å². The van der Waals surface area contributed by atoms with E-state index < -0.39 is 0 Å². The van der Waals surface area contributed by atoms with Crippen molar-refractivity contribution in [2.75, 3.05) is 25.0 Å². The van der Waals surface area contributed by atoms with Crippen molar-refractivity contribution in [2.45, 2.75) is 38.1 Å². The highest BCUT2D eigenvalue weighted by molar-refractivity contribution is 6.04. The molecule has 1 amide bonds. The summed E-state index contributed by atoms with van der Waals surface area (Å²) in [5.41, 5.74) is 1.76. The van der Waals surface area contributed by atoms with Gasteiger partial charge in [-0.3, -0.25) is 9.69 Å². The number of nitrogens with zero attached hydrogens (tertiary/aromatic N) is 1. The molecule has 152 valence electrons. The van der Waals surface area contributed by atoms with Gasteiger partial charge < -0.3 is 10.1 Å². The second-order valence-corrected chi connectivity index (χ2v) is 8.00. The number of ether oxygens (including phenoxy) is 1. The average molecular weight is 392 g/mol. The normalized spacial score (nSPS) is 21.8. The van der Waals surface area contributed by atoms with E-state index in [0.717, 1.165) is 6.42 Å². The van der Waals surface area contributed by atoms with E-state index in [1.165, 1.54) is 38.8 Å². The minimum Gasteiger partial charge on any atom is -0.462 e. The standard InChI is InChI=1S/C24H28N2O3/c27-23(18-7-2-1-3-8-18)25-21-13-11-19(12-14-21)24(28)29-17-20-9-6-16-26-15-5-4-10-22(20)26/h1-3,7-8,11-14,20,22H,4-6,9-10,15-17H2,(H,25,27). The number of nitrogens with one attached hydrogen (secondary N) is 1. The van der Waals surface area contributed by atoms with Gasteiger partial charge in [-0.25, -0.2) is 4.79 Å². The molecule has 0 saturated carbocycles. The molecule has 5 heteroatoms. The molecule has 2 aromatic rings. The first-order valence-corrected chi connectivity index (χ1v) is 10.6. The number of hydrogen-bond donors (Lipinski definition) is 1. The minimum absolute atomic E-state index is 0.171. The number of anilines is 1. The van der Waals surface area contributed by atoms with Gasteiger partial charge in [0.15, 0.2) is 0 Å². The van der Waals surface area contributed by atoms with E-state index in [9.17, 15) is 9.59 Å². The summed E-state index contributed by atoms with van der Waals surface area (Å²) in [5.74, 6) is -0.0217. The molecule has 2 unspecified atom stereocenters. The Morgan fingerprint density at radius 3 is 2.45 bits per heavy atom. The summed E-state index contributed by atoms with van der Waals surface area (Å²) in [6.07, 6.45) is 6.11. The Labute approximate surface area is 172 Å². The van der Waals surface area contributed by atoms with Gasteiger partial charge in [0.25, 0.3) is 5.91 Å². The monoisotopic (exact) mass is 392 g/mol. The van der Waals surface area contributed by atoms with Crippen LogP contribution in [0.25, 0.3) is 0 Å². The number of rotatable bonds is 5. The van der Waals surface area contributed by atoms with E-state index in [1.54, 1.807) is 36.4 Å². The number of hydrogen-bond acceptors (Lipinski definition) is 4. The van der Waals surface area contributed by atoms with Gasteiger partial charge in [-0.2, -0.15) is 0 Å². The first-order chi connectivity index (χ1) is 14.2. The summed E-state index contributed by atoms with van der Waals surface area (Å²) in [7, 11) is 0. The van der Waals surface area contributed by atoms with Crippen molar-refractivity contribution in [3.8, 4) is 0 Å². The van der Waals surface area contributed by atoms with Crippen molar-refractivity contribution in [1.29, 1.82) is 0 Å². The predicted molar refractivity (Wildman–Crippen MR) is 113 cm³/mol. The molecule has 0 aliphatic carbocycles. The lowest BCUT2D eigenvalue weighted by molar-refractivity contribution is 0.00739. The van der Waals surface area contributed by atoms with E-state index in [1.807, 2.05) is 18.2 Å². The van der Waals surface area contributed by atoms with Gasteiger partial charge in [0.2, 0.25) is 0 Å². The van der Waals surface area contributed by atoms with Crippen LogP contribution in [-0.2, 0) is 4.74 Å². The van der Waals surface area contributed by atoms with Crippen LogP contribution in [0.2, 0.25) is 0 Å². The fourth-order valence-corrected chi connectivity index (χ4v) is 4.52. The molecule has 5 nitrogen and oxygen atoms in total. The van der Waals surface area contributed by atoms with Crippen molar-refractivity contribution < 1.29 is 14.3 Å². The Hall–Kier alpha value is -2.66. The number of amides is 1. The first kappa shape index (κ1) is 19.6. The zero-order valence-corrected chi connectivity index (χ0v) is 16.7. The molecule has 2 atom stereocenters. The second kappa shape index (κ2) is 9.23. The van der Waals surface area contributed by atoms with Gasteiger partial charge in [-0.1, -0.05) is 24.6 Å². The van der Waals surface area contributed by atoms with Crippen molar-refractivity contribution in [3.63, 3.8) is 0 Å². The maximum absolute atomic E-state index is 12.5. The number of piperidine rings is 2. The molecule has 2 aliphatic rings. The quantitative estimate of drug-likeness (QED) is 0.768. The average Bonchev–Trinajstić information content (AvgIpc) is 2.78. The number of fused-ring (bicyclic) bond motifs is 1. The Kier molecular flexibility index (Phi) is 6.25. The Bertz CT molecular complexity index is 833. The van der Waals surface area contributed by atoms with Crippen LogP contribution < -0.4 is 5.32 Å². The van der Waals surface area contributed by atoms with Crippen LogP contribution in [-0.4, -0.2) is 42.5 Å². The third-order valence-corrected chi connectivity index (χ3v) is 6.07. The minimum atomic E-state index is -0.293. The third kappa shape index (κ3) is 4.85. The van der Waals surface area contributed by atoms with Crippen LogP contribution in [0, 0.1) is 5.92 Å². The van der Waals surface area contributed by atoms with Gasteiger partial charge in [-0.15, -0.1) is 0 Å². The van der Waals surface area contributed by atoms with Crippen LogP contribution >= 0.6 is 0 Å². The zero-order valence-electron chi connectivity index (χ0n) is 16.7. The van der Waals surface area contributed by atoms with Crippen molar-refractivity contribution in [1.82, 2.24) is 4.90 Å². The lowest BCUT2D eigenvalue weighted by Crippen LogP contribution is -2.49. The Morgan fingerprint density at radius 2 is 1.66 bits per heavy atom. The molecule has 1 N–H and O–H groups in total. The third-order valence-electron chi connectivity index (χ3n) is 6.07. The van der Waals surface area contributed by atoms with E-state index in [0.29, 0.717) is 35.4 Å². The SMILES string of the molecule is O=C(Nc1ccc(C(=O)OCC2CCCN3CCCCC23)cc1)c1ccccc1. The lowest BCUT2D eigenvalue weighted by atomic mass is 9.84. The van der Waals surface area contributed by atoms with Crippen LogP contribution in [0.1, 0.15) is 52.8 Å². The summed E-state index contributed by atoms with van der Waals surface area (Å²) in [6.45, 7) is 2.86. The van der Waals surface area contributed by atoms with Crippen LogP contribution in [0.4, 0.5) is 5.69 Å². The van der Waals surface area contributed by atoms with Crippen LogP contribution in [0.5, 0.6) is 0 Å². The van der Waals surface area contributed by atoms with E-state index >= 15 is 0 Å². The van der Waals surface area contributed by atoms with E-state index in [4.69, 9.17) is 4.74 Å². The summed E-state index contributed by atoms with van der Waals surface area (Å²) in [5, 5.41) is 2.84. The molecule has 0 spiro atoms. The van der Waals surface area contributed by atoms with Gasteiger partial charge in [0.1, 0.15) is 0 Å². The summed E-state index contributed by atoms with van der Waals surface area (Å²) in [4.78, 5) is 27.3. The fraction of sp³-hybridized carbons (Fsp3) is 0.417. The highest BCUT2D eigenvalue weighted by Crippen LogP contribution is 2.31. The first-order valence-electron chi connectivity index (χ1n) is 10.6. The molecule has 0 aromatic heterocycles.